The summed E-state index contributed by atoms with van der Waals surface area (Å²) in [7, 11) is 2.00. The third kappa shape index (κ3) is 3.01. The number of aliphatic hydroxyl groups is 1. The first-order valence-corrected chi connectivity index (χ1v) is 7.23. The SMILES string of the molecule is CNC1(CO)CCCC(N2CCCC(C)C2)C1. The summed E-state index contributed by atoms with van der Waals surface area (Å²) in [5, 5.41) is 13.0. The number of nitrogens with zero attached hydrogens (tertiary/aromatic N) is 1. The Balaban J connectivity index is 1.96. The van der Waals surface area contributed by atoms with Gasteiger partial charge in [0.2, 0.25) is 0 Å². The quantitative estimate of drug-likeness (QED) is 0.787. The number of hydrogen-bond acceptors (Lipinski definition) is 3. The van der Waals surface area contributed by atoms with E-state index in [9.17, 15) is 5.11 Å². The van der Waals surface area contributed by atoms with Crippen molar-refractivity contribution in [2.75, 3.05) is 26.7 Å². The minimum absolute atomic E-state index is 0.0103. The number of rotatable bonds is 3. The number of aliphatic hydroxyl groups excluding tert-OH is 1. The van der Waals surface area contributed by atoms with Gasteiger partial charge < -0.3 is 15.3 Å². The second-order valence-electron chi connectivity index (χ2n) is 6.18. The summed E-state index contributed by atoms with van der Waals surface area (Å²) in [4.78, 5) is 2.68. The molecule has 0 amide bonds. The second kappa shape index (κ2) is 5.68. The van der Waals surface area contributed by atoms with Gasteiger partial charge in [0.05, 0.1) is 6.61 Å². The molecule has 1 saturated heterocycles. The summed E-state index contributed by atoms with van der Waals surface area (Å²) in [6.45, 7) is 5.17. The first-order chi connectivity index (χ1) is 8.19. The van der Waals surface area contributed by atoms with Crippen LogP contribution in [0.3, 0.4) is 0 Å². The molecular weight excluding hydrogens is 212 g/mol. The monoisotopic (exact) mass is 240 g/mol. The predicted octanol–water partition coefficient (Wildman–Crippen LogP) is 1.61. The number of hydrogen-bond donors (Lipinski definition) is 2. The zero-order chi connectivity index (χ0) is 12.3. The van der Waals surface area contributed by atoms with Crippen LogP contribution in [0.15, 0.2) is 0 Å². The third-order valence-electron chi connectivity index (χ3n) is 4.86. The van der Waals surface area contributed by atoms with Crippen LogP contribution < -0.4 is 5.32 Å². The molecule has 17 heavy (non-hydrogen) atoms. The molecule has 1 aliphatic heterocycles. The molecule has 0 aromatic rings. The van der Waals surface area contributed by atoms with E-state index in [4.69, 9.17) is 0 Å². The Morgan fingerprint density at radius 3 is 2.82 bits per heavy atom. The van der Waals surface area contributed by atoms with Gasteiger partial charge in [0.25, 0.3) is 0 Å². The van der Waals surface area contributed by atoms with Crippen molar-refractivity contribution in [2.45, 2.75) is 57.0 Å². The van der Waals surface area contributed by atoms with Gasteiger partial charge >= 0.3 is 0 Å². The van der Waals surface area contributed by atoms with E-state index in [-0.39, 0.29) is 12.1 Å². The minimum atomic E-state index is -0.0103. The zero-order valence-electron chi connectivity index (χ0n) is 11.4. The fourth-order valence-electron chi connectivity index (χ4n) is 3.65. The summed E-state index contributed by atoms with van der Waals surface area (Å²) in [5.41, 5.74) is -0.0103. The number of likely N-dealkylation sites (N-methyl/N-ethyl adjacent to an activating group) is 1. The molecule has 3 unspecified atom stereocenters. The van der Waals surface area contributed by atoms with E-state index in [1.807, 2.05) is 7.05 Å². The van der Waals surface area contributed by atoms with Gasteiger partial charge in [0, 0.05) is 18.1 Å². The Labute approximate surface area is 106 Å². The lowest BCUT2D eigenvalue weighted by molar-refractivity contribution is 0.0442. The van der Waals surface area contributed by atoms with Crippen molar-refractivity contribution in [3.05, 3.63) is 0 Å². The highest BCUT2D eigenvalue weighted by atomic mass is 16.3. The van der Waals surface area contributed by atoms with E-state index < -0.39 is 0 Å². The molecule has 1 saturated carbocycles. The van der Waals surface area contributed by atoms with Crippen molar-refractivity contribution < 1.29 is 5.11 Å². The second-order valence-corrected chi connectivity index (χ2v) is 6.18. The molecule has 2 N–H and O–H groups in total. The molecule has 2 aliphatic rings. The van der Waals surface area contributed by atoms with Crippen LogP contribution in [0.2, 0.25) is 0 Å². The molecule has 0 aromatic carbocycles. The lowest BCUT2D eigenvalue weighted by Crippen LogP contribution is -2.55. The van der Waals surface area contributed by atoms with Crippen molar-refractivity contribution in [2.24, 2.45) is 5.92 Å². The van der Waals surface area contributed by atoms with Crippen LogP contribution in [-0.4, -0.2) is 48.3 Å². The lowest BCUT2D eigenvalue weighted by Gasteiger charge is -2.46. The Morgan fingerprint density at radius 1 is 1.35 bits per heavy atom. The molecule has 1 heterocycles. The Morgan fingerprint density at radius 2 is 2.18 bits per heavy atom. The maximum Gasteiger partial charge on any atom is 0.0613 e. The van der Waals surface area contributed by atoms with Crippen LogP contribution in [0, 0.1) is 5.92 Å². The molecule has 3 atom stereocenters. The lowest BCUT2D eigenvalue weighted by atomic mass is 9.78. The highest BCUT2D eigenvalue weighted by Gasteiger charge is 2.37. The molecule has 3 heteroatoms. The zero-order valence-corrected chi connectivity index (χ0v) is 11.4. The van der Waals surface area contributed by atoms with Gasteiger partial charge in [-0.05, 0) is 58.0 Å². The molecule has 3 nitrogen and oxygen atoms in total. The van der Waals surface area contributed by atoms with Crippen molar-refractivity contribution in [1.82, 2.24) is 10.2 Å². The van der Waals surface area contributed by atoms with Gasteiger partial charge in [0.15, 0.2) is 0 Å². The minimum Gasteiger partial charge on any atom is -0.394 e. The Hall–Kier alpha value is -0.120. The molecule has 0 spiro atoms. The van der Waals surface area contributed by atoms with E-state index in [2.05, 4.69) is 17.1 Å². The van der Waals surface area contributed by atoms with Gasteiger partial charge in [-0.25, -0.2) is 0 Å². The first kappa shape index (κ1) is 13.3. The van der Waals surface area contributed by atoms with E-state index in [1.54, 1.807) is 0 Å². The summed E-state index contributed by atoms with van der Waals surface area (Å²) in [6.07, 6.45) is 7.55. The standard InChI is InChI=1S/C14H28N2O/c1-12-5-4-8-16(10-12)13-6-3-7-14(9-13,11-17)15-2/h12-13,15,17H,3-11H2,1-2H3. The molecule has 1 aliphatic carbocycles. The molecule has 2 fully saturated rings. The van der Waals surface area contributed by atoms with E-state index in [0.29, 0.717) is 6.04 Å². The van der Waals surface area contributed by atoms with E-state index >= 15 is 0 Å². The van der Waals surface area contributed by atoms with Crippen LogP contribution in [-0.2, 0) is 0 Å². The largest absolute Gasteiger partial charge is 0.394 e. The maximum atomic E-state index is 9.63. The summed E-state index contributed by atoms with van der Waals surface area (Å²) < 4.78 is 0. The van der Waals surface area contributed by atoms with Crippen molar-refractivity contribution >= 4 is 0 Å². The fourth-order valence-corrected chi connectivity index (χ4v) is 3.65. The summed E-state index contributed by atoms with van der Waals surface area (Å²) in [5.74, 6) is 0.851. The number of piperidine rings is 1. The molecule has 0 bridgehead atoms. The van der Waals surface area contributed by atoms with Crippen LogP contribution in [0.4, 0.5) is 0 Å². The molecule has 100 valence electrons. The van der Waals surface area contributed by atoms with Gasteiger partial charge in [-0.15, -0.1) is 0 Å². The number of nitrogens with one attached hydrogen (secondary N) is 1. The van der Waals surface area contributed by atoms with Gasteiger partial charge in [-0.1, -0.05) is 6.92 Å². The van der Waals surface area contributed by atoms with Crippen molar-refractivity contribution in [3.63, 3.8) is 0 Å². The first-order valence-electron chi connectivity index (χ1n) is 7.23. The highest BCUT2D eigenvalue weighted by molar-refractivity contribution is 4.96. The number of likely N-dealkylation sites (tertiary alicyclic amines) is 1. The topological polar surface area (TPSA) is 35.5 Å². The van der Waals surface area contributed by atoms with Crippen LogP contribution in [0.1, 0.15) is 45.4 Å². The average molecular weight is 240 g/mol. The average Bonchev–Trinajstić information content (AvgIpc) is 2.39. The van der Waals surface area contributed by atoms with Crippen molar-refractivity contribution in [1.29, 1.82) is 0 Å². The molecule has 0 radical (unpaired) electrons. The van der Waals surface area contributed by atoms with E-state index in [1.165, 1.54) is 38.8 Å². The smallest absolute Gasteiger partial charge is 0.0613 e. The Kier molecular flexibility index (Phi) is 4.45. The van der Waals surface area contributed by atoms with E-state index in [0.717, 1.165) is 18.8 Å². The normalized spacial score (nSPS) is 40.4. The molecular formula is C14H28N2O. The van der Waals surface area contributed by atoms with Gasteiger partial charge in [-0.3, -0.25) is 0 Å². The molecule has 2 rings (SSSR count). The van der Waals surface area contributed by atoms with Crippen molar-refractivity contribution in [3.8, 4) is 0 Å². The third-order valence-corrected chi connectivity index (χ3v) is 4.86. The van der Waals surface area contributed by atoms with Gasteiger partial charge in [-0.2, -0.15) is 0 Å². The fraction of sp³-hybridized carbons (Fsp3) is 1.00. The Bertz CT molecular complexity index is 240. The van der Waals surface area contributed by atoms with Crippen LogP contribution >= 0.6 is 0 Å². The molecule has 0 aromatic heterocycles. The highest BCUT2D eigenvalue weighted by Crippen LogP contribution is 2.32. The van der Waals surface area contributed by atoms with Crippen LogP contribution in [0.5, 0.6) is 0 Å². The maximum absolute atomic E-state index is 9.63. The predicted molar refractivity (Wildman–Crippen MR) is 71.1 cm³/mol. The summed E-state index contributed by atoms with van der Waals surface area (Å²) >= 11 is 0. The van der Waals surface area contributed by atoms with Gasteiger partial charge in [0.1, 0.15) is 0 Å². The van der Waals surface area contributed by atoms with Crippen LogP contribution in [0.25, 0.3) is 0 Å². The summed E-state index contributed by atoms with van der Waals surface area (Å²) in [6, 6.07) is 0.686.